The third-order valence-corrected chi connectivity index (χ3v) is 9.78. The number of thioether (sulfide) groups is 1. The van der Waals surface area contributed by atoms with Crippen molar-refractivity contribution in [1.82, 2.24) is 14.5 Å². The van der Waals surface area contributed by atoms with E-state index in [1.807, 2.05) is 0 Å². The molecule has 0 unspecified atom stereocenters. The second kappa shape index (κ2) is 11.8. The first-order chi connectivity index (χ1) is 21.8. The lowest BCUT2D eigenvalue weighted by molar-refractivity contribution is -0.137. The maximum atomic E-state index is 15.3. The molecule has 1 saturated heterocycles. The average molecular weight is 659 g/mol. The van der Waals surface area contributed by atoms with E-state index in [0.717, 1.165) is 30.0 Å². The van der Waals surface area contributed by atoms with E-state index in [-0.39, 0.29) is 52.9 Å². The summed E-state index contributed by atoms with van der Waals surface area (Å²) in [6, 6.07) is 8.09. The Morgan fingerprint density at radius 2 is 1.63 bits per heavy atom. The Morgan fingerprint density at radius 3 is 2.24 bits per heavy atom. The van der Waals surface area contributed by atoms with E-state index in [1.165, 1.54) is 22.8 Å². The fourth-order valence-electron chi connectivity index (χ4n) is 6.56. The molecule has 0 N–H and O–H groups in total. The second-order valence-electron chi connectivity index (χ2n) is 11.6. The highest BCUT2D eigenvalue weighted by Gasteiger charge is 2.40. The highest BCUT2D eigenvalue weighted by atomic mass is 32.2. The van der Waals surface area contributed by atoms with Crippen LogP contribution in [0.2, 0.25) is 0 Å². The lowest BCUT2D eigenvalue weighted by Gasteiger charge is -2.44. The number of alkyl halides is 3. The fourth-order valence-corrected chi connectivity index (χ4v) is 7.94. The largest absolute Gasteiger partial charge is 0.417 e. The van der Waals surface area contributed by atoms with Crippen molar-refractivity contribution in [3.05, 3.63) is 100 Å². The topological polar surface area (TPSA) is 58.4 Å². The molecule has 0 aliphatic carbocycles. The van der Waals surface area contributed by atoms with Crippen LogP contribution in [0.25, 0.3) is 22.0 Å². The van der Waals surface area contributed by atoms with Gasteiger partial charge in [0.25, 0.3) is 0 Å². The van der Waals surface area contributed by atoms with Crippen molar-refractivity contribution in [2.45, 2.75) is 49.5 Å². The first-order valence-corrected chi connectivity index (χ1v) is 15.5. The SMILES string of the molecule is C=CC(=O)N1[C@H](C)CN(c2nc(=O)n3c4c(c(-c5ccc(F)cc5F)c(C(F)(F)F)cc24)SC[C@@H](c2ccc(F)cc2)C3)C[C@@H]1C. The van der Waals surface area contributed by atoms with E-state index >= 15 is 4.39 Å². The van der Waals surface area contributed by atoms with E-state index in [1.54, 1.807) is 35.8 Å². The van der Waals surface area contributed by atoms with Gasteiger partial charge >= 0.3 is 11.9 Å². The van der Waals surface area contributed by atoms with E-state index < -0.39 is 64.0 Å². The van der Waals surface area contributed by atoms with Crippen molar-refractivity contribution in [3.63, 3.8) is 0 Å². The van der Waals surface area contributed by atoms with Crippen LogP contribution < -0.4 is 10.6 Å². The Hall–Kier alpha value is -4.26. The maximum Gasteiger partial charge on any atom is 0.417 e. The number of anilines is 1. The molecule has 3 aromatic carbocycles. The highest BCUT2D eigenvalue weighted by Crippen LogP contribution is 2.50. The van der Waals surface area contributed by atoms with Crippen molar-refractivity contribution in [3.8, 4) is 11.1 Å². The van der Waals surface area contributed by atoms with Gasteiger partial charge in [0.15, 0.2) is 0 Å². The molecule has 6 rings (SSSR count). The smallest absolute Gasteiger partial charge is 0.352 e. The number of nitrogens with zero attached hydrogens (tertiary/aromatic N) is 4. The van der Waals surface area contributed by atoms with Gasteiger partial charge < -0.3 is 9.80 Å². The van der Waals surface area contributed by atoms with Gasteiger partial charge in [-0.1, -0.05) is 18.7 Å². The summed E-state index contributed by atoms with van der Waals surface area (Å²) in [7, 11) is 0. The van der Waals surface area contributed by atoms with Gasteiger partial charge in [-0.15, -0.1) is 11.8 Å². The number of amides is 1. The first kappa shape index (κ1) is 31.7. The van der Waals surface area contributed by atoms with Crippen molar-refractivity contribution in [2.75, 3.05) is 23.7 Å². The number of aromatic nitrogens is 2. The monoisotopic (exact) mass is 658 g/mol. The molecule has 6 nitrogen and oxygen atoms in total. The molecule has 3 heterocycles. The zero-order valence-corrected chi connectivity index (χ0v) is 25.6. The summed E-state index contributed by atoms with van der Waals surface area (Å²) in [5.41, 5.74) is -2.06. The highest BCUT2D eigenvalue weighted by molar-refractivity contribution is 7.99. The van der Waals surface area contributed by atoms with E-state index in [4.69, 9.17) is 0 Å². The van der Waals surface area contributed by atoms with Gasteiger partial charge in [0, 0.05) is 70.9 Å². The van der Waals surface area contributed by atoms with Gasteiger partial charge in [0.1, 0.15) is 23.3 Å². The van der Waals surface area contributed by atoms with Crippen LogP contribution in [-0.2, 0) is 17.5 Å². The summed E-state index contributed by atoms with van der Waals surface area (Å²) in [4.78, 5) is 34.0. The summed E-state index contributed by atoms with van der Waals surface area (Å²) in [5.74, 6) is -3.17. The molecule has 0 saturated carbocycles. The van der Waals surface area contributed by atoms with Crippen LogP contribution in [-0.4, -0.2) is 51.3 Å². The molecule has 1 amide bonds. The third-order valence-electron chi connectivity index (χ3n) is 8.53. The number of halogens is 6. The molecule has 3 atom stereocenters. The Kier molecular flexibility index (Phi) is 8.16. The van der Waals surface area contributed by atoms with Crippen molar-refractivity contribution < 1.29 is 31.1 Å². The molecule has 13 heteroatoms. The predicted molar refractivity (Wildman–Crippen MR) is 164 cm³/mol. The van der Waals surface area contributed by atoms with Crippen LogP contribution in [0.4, 0.5) is 32.2 Å². The fraction of sp³-hybridized carbons (Fsp3) is 0.303. The number of hydrogen-bond acceptors (Lipinski definition) is 5. The van der Waals surface area contributed by atoms with E-state index in [9.17, 15) is 31.5 Å². The number of benzene rings is 3. The van der Waals surface area contributed by atoms with E-state index in [0.29, 0.717) is 11.6 Å². The molecular weight excluding hydrogens is 630 g/mol. The van der Waals surface area contributed by atoms with Crippen molar-refractivity contribution >= 4 is 34.4 Å². The number of carbonyl (C=O) groups excluding carboxylic acids is 1. The van der Waals surface area contributed by atoms with Crippen LogP contribution in [0.3, 0.4) is 0 Å². The second-order valence-corrected chi connectivity index (χ2v) is 12.6. The Balaban J connectivity index is 1.64. The van der Waals surface area contributed by atoms with Crippen LogP contribution >= 0.6 is 11.8 Å². The third kappa shape index (κ3) is 5.54. The minimum atomic E-state index is -4.97. The average Bonchev–Trinajstić information content (AvgIpc) is 3.20. The quantitative estimate of drug-likeness (QED) is 0.175. The zero-order chi connectivity index (χ0) is 33.1. The Bertz CT molecular complexity index is 1920. The minimum absolute atomic E-state index is 0.00210. The van der Waals surface area contributed by atoms with Gasteiger partial charge in [-0.2, -0.15) is 18.2 Å². The Morgan fingerprint density at radius 1 is 0.978 bits per heavy atom. The Labute approximate surface area is 264 Å². The van der Waals surface area contributed by atoms with Gasteiger partial charge in [0.2, 0.25) is 5.91 Å². The molecule has 0 bridgehead atoms. The van der Waals surface area contributed by atoms with Crippen molar-refractivity contribution in [1.29, 1.82) is 0 Å². The summed E-state index contributed by atoms with van der Waals surface area (Å²) in [6.45, 7) is 7.48. The number of piperazine rings is 1. The minimum Gasteiger partial charge on any atom is -0.352 e. The lowest BCUT2D eigenvalue weighted by atomic mass is 9.95. The van der Waals surface area contributed by atoms with Crippen LogP contribution in [0.5, 0.6) is 0 Å². The van der Waals surface area contributed by atoms with Crippen LogP contribution in [0.1, 0.15) is 30.9 Å². The first-order valence-electron chi connectivity index (χ1n) is 14.5. The molecule has 2 aliphatic heterocycles. The molecule has 46 heavy (non-hydrogen) atoms. The molecule has 0 radical (unpaired) electrons. The van der Waals surface area contributed by atoms with Crippen LogP contribution in [0, 0.1) is 17.5 Å². The van der Waals surface area contributed by atoms with Crippen molar-refractivity contribution in [2.24, 2.45) is 0 Å². The number of carbonyl (C=O) groups is 1. The predicted octanol–water partition coefficient (Wildman–Crippen LogP) is 7.00. The van der Waals surface area contributed by atoms with E-state index in [2.05, 4.69) is 11.6 Å². The standard InChI is InChI=1S/C33H28F6N4O2S/c1-4-27(44)43-17(2)13-41(14-18(43)3)31-24-12-25(33(37,38)39)28(23-10-9-22(35)11-26(23)36)30-29(24)42(32(45)40-31)15-20(16-46-30)19-5-7-21(34)8-6-19/h4-12,17-18,20H,1,13-16H2,2-3H3/t17-,18+,20-/m0/s1. The summed E-state index contributed by atoms with van der Waals surface area (Å²) < 4.78 is 89.1. The van der Waals surface area contributed by atoms with Gasteiger partial charge in [0.05, 0.1) is 11.1 Å². The molecule has 2 aliphatic rings. The normalized spacial score (nSPS) is 20.1. The van der Waals surface area contributed by atoms with Crippen LogP contribution in [0.15, 0.2) is 70.9 Å². The molecule has 240 valence electrons. The molecule has 0 spiro atoms. The molecule has 1 fully saturated rings. The molecular formula is C33H28F6N4O2S. The van der Waals surface area contributed by atoms with Gasteiger partial charge in [-0.3, -0.25) is 9.36 Å². The summed E-state index contributed by atoms with van der Waals surface area (Å²) in [5, 5.41) is 0.0309. The number of hydrogen-bond donors (Lipinski definition) is 0. The lowest BCUT2D eigenvalue weighted by Crippen LogP contribution is -2.58. The van der Waals surface area contributed by atoms with Gasteiger partial charge in [-0.25, -0.2) is 18.0 Å². The molecule has 4 aromatic rings. The maximum absolute atomic E-state index is 15.3. The zero-order valence-electron chi connectivity index (χ0n) is 24.7. The summed E-state index contributed by atoms with van der Waals surface area (Å²) >= 11 is 1.02. The van der Waals surface area contributed by atoms with Gasteiger partial charge in [-0.05, 0) is 55.8 Å². The molecule has 1 aromatic heterocycles. The number of rotatable bonds is 4. The summed E-state index contributed by atoms with van der Waals surface area (Å²) in [6.07, 6.45) is -3.78.